The van der Waals surface area contributed by atoms with Crippen molar-refractivity contribution < 1.29 is 24.1 Å². The van der Waals surface area contributed by atoms with E-state index in [9.17, 15) is 10.4 Å². The molecule has 0 spiro atoms. The Balaban J connectivity index is 1.80. The highest BCUT2D eigenvalue weighted by Crippen LogP contribution is 2.47. The van der Waals surface area contributed by atoms with Gasteiger partial charge in [-0.25, -0.2) is 9.50 Å². The van der Waals surface area contributed by atoms with Crippen molar-refractivity contribution >= 4 is 11.3 Å². The number of nitrogen functional groups attached to an aromatic ring is 1. The van der Waals surface area contributed by atoms with Gasteiger partial charge in [0.2, 0.25) is 5.60 Å². The molecule has 5 atom stereocenters. The Bertz CT molecular complexity index is 819. The van der Waals surface area contributed by atoms with Crippen LogP contribution in [0.1, 0.15) is 11.8 Å². The van der Waals surface area contributed by atoms with Crippen LogP contribution in [-0.4, -0.2) is 57.7 Å². The number of anilines is 1. The van der Waals surface area contributed by atoms with Gasteiger partial charge in [0.05, 0.1) is 12.3 Å². The smallest absolute Gasteiger partial charge is 0.272 e. The first-order valence-electron chi connectivity index (χ1n) is 7.25. The lowest BCUT2D eigenvalue weighted by Gasteiger charge is -2.24. The largest absolute Gasteiger partial charge is 0.392 e. The molecule has 2 aromatic heterocycles. The third-order valence-electron chi connectivity index (χ3n) is 4.34. The molecule has 2 aliphatic rings. The second-order valence-electron chi connectivity index (χ2n) is 5.58. The molecule has 0 radical (unpaired) electrons. The molecule has 3 N–H and O–H groups in total. The zero-order chi connectivity index (χ0) is 16.9. The topological polar surface area (TPSA) is 137 Å². The van der Waals surface area contributed by atoms with Gasteiger partial charge in [0, 0.05) is 7.11 Å². The van der Waals surface area contributed by atoms with Gasteiger partial charge in [-0.05, 0) is 12.1 Å². The Morgan fingerprint density at radius 2 is 2.33 bits per heavy atom. The fraction of sp³-hybridized carbons (Fsp3) is 0.500. The van der Waals surface area contributed by atoms with Gasteiger partial charge in [-0.1, -0.05) is 0 Å². The lowest BCUT2D eigenvalue weighted by atomic mass is 9.96. The molecule has 4 rings (SSSR count). The molecule has 2 aromatic rings. The number of aliphatic hydroxyl groups excluding tert-OH is 1. The summed E-state index contributed by atoms with van der Waals surface area (Å²) in [5.41, 5.74) is 5.51. The zero-order valence-corrected chi connectivity index (χ0v) is 12.7. The maximum absolute atomic E-state index is 9.72. The van der Waals surface area contributed by atoms with Gasteiger partial charge >= 0.3 is 0 Å². The van der Waals surface area contributed by atoms with Crippen LogP contribution in [0.3, 0.4) is 0 Å². The first kappa shape index (κ1) is 15.3. The van der Waals surface area contributed by atoms with E-state index in [1.54, 1.807) is 16.6 Å². The van der Waals surface area contributed by atoms with E-state index in [4.69, 9.17) is 24.7 Å². The summed E-state index contributed by atoms with van der Waals surface area (Å²) < 4.78 is 23.8. The van der Waals surface area contributed by atoms with E-state index >= 15 is 0 Å². The highest BCUT2D eigenvalue weighted by atomic mass is 16.9. The first-order chi connectivity index (χ1) is 11.6. The van der Waals surface area contributed by atoms with Gasteiger partial charge in [-0.3, -0.25) is 0 Å². The third kappa shape index (κ3) is 1.94. The van der Waals surface area contributed by atoms with Crippen LogP contribution in [0.25, 0.3) is 5.52 Å². The molecule has 0 aromatic carbocycles. The second-order valence-corrected chi connectivity index (χ2v) is 5.58. The number of methoxy groups -OCH3 is 1. The number of aromatic nitrogens is 3. The molecule has 0 amide bonds. The van der Waals surface area contributed by atoms with Crippen LogP contribution < -0.4 is 5.73 Å². The highest BCUT2D eigenvalue weighted by molar-refractivity contribution is 5.65. The fourth-order valence-corrected chi connectivity index (χ4v) is 3.18. The van der Waals surface area contributed by atoms with E-state index in [1.165, 1.54) is 13.4 Å². The molecule has 2 fully saturated rings. The minimum atomic E-state index is -1.55. The highest BCUT2D eigenvalue weighted by Gasteiger charge is 2.62. The van der Waals surface area contributed by atoms with Gasteiger partial charge in [0.25, 0.3) is 6.48 Å². The second kappa shape index (κ2) is 5.37. The van der Waals surface area contributed by atoms with Crippen LogP contribution in [0.2, 0.25) is 0 Å². The van der Waals surface area contributed by atoms with E-state index in [1.807, 2.05) is 6.07 Å². The van der Waals surface area contributed by atoms with Crippen molar-refractivity contribution in [1.82, 2.24) is 14.6 Å². The van der Waals surface area contributed by atoms with E-state index in [2.05, 4.69) is 10.1 Å². The number of hydrogen-bond donors (Lipinski definition) is 2. The Morgan fingerprint density at radius 1 is 1.50 bits per heavy atom. The summed E-state index contributed by atoms with van der Waals surface area (Å²) in [5.74, 6) is 0.317. The van der Waals surface area contributed by atoms with Gasteiger partial charge in [-0.2, -0.15) is 10.4 Å². The quantitative estimate of drug-likeness (QED) is 0.750. The average molecular weight is 333 g/mol. The summed E-state index contributed by atoms with van der Waals surface area (Å²) in [6.45, 7) is -1.47. The Hall–Kier alpha value is -2.29. The van der Waals surface area contributed by atoms with E-state index in [0.29, 0.717) is 17.0 Å². The fourth-order valence-electron chi connectivity index (χ4n) is 3.18. The molecule has 4 heterocycles. The molecule has 10 nitrogen and oxygen atoms in total. The summed E-state index contributed by atoms with van der Waals surface area (Å²) in [4.78, 5) is 3.94. The Labute approximate surface area is 136 Å². The summed E-state index contributed by atoms with van der Waals surface area (Å²) in [6, 6.07) is 5.50. The Kier molecular flexibility index (Phi) is 3.41. The van der Waals surface area contributed by atoms with Gasteiger partial charge < -0.3 is 29.8 Å². The number of nitrogens with two attached hydrogens (primary N) is 1. The Morgan fingerprint density at radius 3 is 3.04 bits per heavy atom. The summed E-state index contributed by atoms with van der Waals surface area (Å²) in [6.07, 6.45) is -0.812. The number of fused-ring (bicyclic) bond motifs is 2. The van der Waals surface area contributed by atoms with Gasteiger partial charge in [0.1, 0.15) is 36.2 Å². The molecule has 24 heavy (non-hydrogen) atoms. The van der Waals surface area contributed by atoms with Gasteiger partial charge in [-0.15, -0.1) is 0 Å². The molecule has 0 aliphatic carbocycles. The van der Waals surface area contributed by atoms with E-state index < -0.39 is 37.0 Å². The first-order valence-corrected chi connectivity index (χ1v) is 7.25. The molecule has 2 aliphatic heterocycles. The normalized spacial score (nSPS) is 35.2. The van der Waals surface area contributed by atoms with Crippen molar-refractivity contribution in [3.8, 4) is 6.07 Å². The molecule has 10 heteroatoms. The molecular weight excluding hydrogens is 318 g/mol. The number of hydrogen-bond acceptors (Lipinski definition) is 9. The summed E-state index contributed by atoms with van der Waals surface area (Å²) in [5, 5.41) is 23.4. The minimum Gasteiger partial charge on any atom is -0.392 e. The monoisotopic (exact) mass is 333 g/mol. The lowest BCUT2D eigenvalue weighted by molar-refractivity contribution is -0.259. The van der Waals surface area contributed by atoms with E-state index in [0.717, 1.165) is 0 Å². The van der Waals surface area contributed by atoms with Crippen LogP contribution in [0.5, 0.6) is 0 Å². The lowest BCUT2D eigenvalue weighted by Crippen LogP contribution is -2.44. The zero-order valence-electron chi connectivity index (χ0n) is 12.7. The number of rotatable bonds is 3. The third-order valence-corrected chi connectivity index (χ3v) is 4.34. The predicted molar refractivity (Wildman–Crippen MR) is 77.2 cm³/mol. The van der Waals surface area contributed by atoms with Crippen LogP contribution in [0.15, 0.2) is 18.5 Å². The van der Waals surface area contributed by atoms with Crippen molar-refractivity contribution in [2.24, 2.45) is 0 Å². The standard InChI is InChI=1S/C14H15N5O5/c1-21-13-22-10-9(24-14(4-15,5-20)11(10)23-13)7-2-3-8-12(16)17-6-18-19(7)8/h2-3,6,9-11,13,20H,5H2,1H3,(H2,16,17,18)/t9-,10-,11-,13?,14+/m0/s1. The van der Waals surface area contributed by atoms with Crippen molar-refractivity contribution in [3.05, 3.63) is 24.2 Å². The molecule has 0 bridgehead atoms. The summed E-state index contributed by atoms with van der Waals surface area (Å²) >= 11 is 0. The maximum Gasteiger partial charge on any atom is 0.272 e. The molecule has 1 unspecified atom stereocenters. The number of nitrogens with zero attached hydrogens (tertiary/aromatic N) is 4. The van der Waals surface area contributed by atoms with Crippen LogP contribution >= 0.6 is 0 Å². The van der Waals surface area contributed by atoms with Crippen LogP contribution in [0, 0.1) is 11.3 Å². The van der Waals surface area contributed by atoms with Crippen LogP contribution in [0.4, 0.5) is 5.82 Å². The minimum absolute atomic E-state index is 0.317. The molecule has 2 saturated heterocycles. The van der Waals surface area contributed by atoms with Crippen molar-refractivity contribution in [3.63, 3.8) is 0 Å². The van der Waals surface area contributed by atoms with Crippen molar-refractivity contribution in [2.75, 3.05) is 19.5 Å². The average Bonchev–Trinajstić information content (AvgIpc) is 3.27. The predicted octanol–water partition coefficient (Wildman–Crippen LogP) is -0.649. The molecule has 0 saturated carbocycles. The SMILES string of the molecule is COC1O[C@H]2[C@H](c3ccc4c(N)ncnn34)O[C@](C#N)(CO)[C@H]2O1. The summed E-state index contributed by atoms with van der Waals surface area (Å²) in [7, 11) is 1.43. The number of aliphatic hydroxyl groups is 1. The number of ether oxygens (including phenoxy) is 4. The van der Waals surface area contributed by atoms with Gasteiger partial charge in [0.15, 0.2) is 5.82 Å². The molecular formula is C14H15N5O5. The molecule has 126 valence electrons. The number of nitriles is 1. The maximum atomic E-state index is 9.72. The van der Waals surface area contributed by atoms with Crippen LogP contribution in [-0.2, 0) is 18.9 Å². The van der Waals surface area contributed by atoms with E-state index in [-0.39, 0.29) is 0 Å². The van der Waals surface area contributed by atoms with Crippen molar-refractivity contribution in [2.45, 2.75) is 30.4 Å². The van der Waals surface area contributed by atoms with Crippen molar-refractivity contribution in [1.29, 1.82) is 5.26 Å².